The highest BCUT2D eigenvalue weighted by Crippen LogP contribution is 2.36. The summed E-state index contributed by atoms with van der Waals surface area (Å²) in [7, 11) is 1.63. The van der Waals surface area contributed by atoms with Crippen LogP contribution in [-0.4, -0.2) is 61.3 Å². The van der Waals surface area contributed by atoms with Crippen molar-refractivity contribution >= 4 is 5.97 Å². The average Bonchev–Trinajstić information content (AvgIpc) is 3.69. The number of rotatable bonds is 14. The average molecular weight is 615 g/mol. The van der Waals surface area contributed by atoms with Gasteiger partial charge in [-0.25, -0.2) is 9.48 Å². The molecule has 1 unspecified atom stereocenters. The van der Waals surface area contributed by atoms with Gasteiger partial charge in [0.15, 0.2) is 0 Å². The molecule has 0 aliphatic heterocycles. The molecule has 4 aromatic rings. The lowest BCUT2D eigenvalue weighted by molar-refractivity contribution is 0.0129. The third kappa shape index (κ3) is 7.68. The maximum absolute atomic E-state index is 12.7. The lowest BCUT2D eigenvalue weighted by Gasteiger charge is -2.29. The van der Waals surface area contributed by atoms with E-state index in [-0.39, 0.29) is 18.4 Å². The molecule has 1 N–H and O–H groups in total. The quantitative estimate of drug-likeness (QED) is 0.131. The Morgan fingerprint density at radius 2 is 1.76 bits per heavy atom. The second kappa shape index (κ2) is 14.6. The fraction of sp³-hybridized carbons (Fsp3) is 0.457. The number of nitrogens with zero attached hydrogens (tertiary/aromatic N) is 5. The van der Waals surface area contributed by atoms with Gasteiger partial charge < -0.3 is 19.3 Å². The molecular formula is C35H44N5O5+. The normalized spacial score (nSPS) is 17.9. The Bertz CT molecular complexity index is 1520. The lowest BCUT2D eigenvalue weighted by Crippen LogP contribution is -2.34. The van der Waals surface area contributed by atoms with Gasteiger partial charge in [-0.3, -0.25) is 4.68 Å². The predicted molar refractivity (Wildman–Crippen MR) is 171 cm³/mol. The number of carbonyl (C=O) groups is 1. The van der Waals surface area contributed by atoms with Gasteiger partial charge in [0.05, 0.1) is 39.4 Å². The van der Waals surface area contributed by atoms with E-state index in [0.717, 1.165) is 54.7 Å². The summed E-state index contributed by atoms with van der Waals surface area (Å²) in [6, 6.07) is 18.4. The van der Waals surface area contributed by atoms with Crippen molar-refractivity contribution in [2.75, 3.05) is 13.7 Å². The van der Waals surface area contributed by atoms with Crippen molar-refractivity contribution in [2.45, 2.75) is 89.5 Å². The Hall–Kier alpha value is -4.31. The number of hydrogen-bond acceptors (Lipinski definition) is 8. The first-order chi connectivity index (χ1) is 21.9. The summed E-state index contributed by atoms with van der Waals surface area (Å²) in [6.45, 7) is 8.86. The molecule has 0 saturated heterocycles. The van der Waals surface area contributed by atoms with E-state index < -0.39 is 11.6 Å². The van der Waals surface area contributed by atoms with Crippen molar-refractivity contribution < 1.29 is 24.1 Å². The first-order valence-electron chi connectivity index (χ1n) is 15.9. The second-order valence-electron chi connectivity index (χ2n) is 11.8. The number of aromatic nitrogens is 5. The summed E-state index contributed by atoms with van der Waals surface area (Å²) in [5, 5.41) is 23.8. The minimum Gasteiger partial charge on any atom is -0.497 e. The van der Waals surface area contributed by atoms with Crippen molar-refractivity contribution in [3.63, 3.8) is 0 Å². The molecule has 45 heavy (non-hydrogen) atoms. The van der Waals surface area contributed by atoms with E-state index >= 15 is 0 Å². The van der Waals surface area contributed by atoms with Gasteiger partial charge in [0.1, 0.15) is 23.9 Å². The molecule has 2 heterocycles. The van der Waals surface area contributed by atoms with Crippen molar-refractivity contribution in [3.8, 4) is 22.9 Å². The zero-order valence-electron chi connectivity index (χ0n) is 26.5. The van der Waals surface area contributed by atoms with Crippen LogP contribution in [0.15, 0.2) is 60.8 Å². The Balaban J connectivity index is 1.24. The van der Waals surface area contributed by atoms with Crippen molar-refractivity contribution in [1.82, 2.24) is 24.8 Å². The molecule has 10 heteroatoms. The summed E-state index contributed by atoms with van der Waals surface area (Å²) in [5.41, 5.74) is 3.57. The van der Waals surface area contributed by atoms with Crippen molar-refractivity contribution in [2.24, 2.45) is 0 Å². The lowest BCUT2D eigenvalue weighted by atomic mass is 9.82. The third-order valence-electron chi connectivity index (χ3n) is 8.62. The van der Waals surface area contributed by atoms with Gasteiger partial charge in [0.25, 0.3) is 0 Å². The molecular weight excluding hydrogens is 570 g/mol. The molecule has 0 bridgehead atoms. The van der Waals surface area contributed by atoms with Gasteiger partial charge in [0, 0.05) is 6.20 Å². The van der Waals surface area contributed by atoms with Crippen LogP contribution in [0.25, 0.3) is 11.3 Å². The SMILES string of the molecule is [CH2+]CC(O)(CCC)Cn1nccc1-c1ccc(C2CCC(Oc3c(C(=O)OCC)nnn3Cc3ccc(OC)cc3)CC2)cc1. The van der Waals surface area contributed by atoms with Crippen LogP contribution >= 0.6 is 0 Å². The molecule has 238 valence electrons. The second-order valence-corrected chi connectivity index (χ2v) is 11.8. The van der Waals surface area contributed by atoms with Crippen LogP contribution in [0.3, 0.4) is 0 Å². The van der Waals surface area contributed by atoms with Gasteiger partial charge in [-0.15, -0.1) is 5.10 Å². The largest absolute Gasteiger partial charge is 0.497 e. The van der Waals surface area contributed by atoms with Crippen molar-refractivity contribution in [3.05, 3.63) is 84.5 Å². The molecule has 0 amide bonds. The number of aliphatic hydroxyl groups is 1. The minimum atomic E-state index is -0.864. The Morgan fingerprint density at radius 1 is 1.02 bits per heavy atom. The number of carbonyl (C=O) groups excluding carboxylic acids is 1. The Morgan fingerprint density at radius 3 is 2.40 bits per heavy atom. The number of hydrogen-bond donors (Lipinski definition) is 1. The topological polar surface area (TPSA) is 114 Å². The monoisotopic (exact) mass is 614 g/mol. The van der Waals surface area contributed by atoms with Crippen LogP contribution < -0.4 is 9.47 Å². The standard InChI is InChI=1S/C35H44N5O5/c1-5-21-35(42,6-2)24-40-31(20-22-36-40)28-12-10-26(11-13-28)27-14-18-30(19-15-27)45-33-32(34(41)44-7-3)37-38-39(33)23-25-8-16-29(43-4)17-9-25/h8-13,16-17,20,22,27,30,42H,2,5-7,14-15,18-19,21,23-24H2,1,3-4H3/q+1. The fourth-order valence-electron chi connectivity index (χ4n) is 6.08. The molecule has 1 atom stereocenters. The molecule has 1 saturated carbocycles. The molecule has 1 aliphatic carbocycles. The summed E-state index contributed by atoms with van der Waals surface area (Å²) < 4.78 is 20.5. The Kier molecular flexibility index (Phi) is 10.4. The van der Waals surface area contributed by atoms with E-state index in [1.165, 1.54) is 5.56 Å². The highest BCUT2D eigenvalue weighted by atomic mass is 16.5. The maximum atomic E-state index is 12.7. The summed E-state index contributed by atoms with van der Waals surface area (Å²) in [5.74, 6) is 0.990. The fourth-order valence-corrected chi connectivity index (χ4v) is 6.08. The van der Waals surface area contributed by atoms with E-state index in [0.29, 0.717) is 37.7 Å². The summed E-state index contributed by atoms with van der Waals surface area (Å²) >= 11 is 0. The van der Waals surface area contributed by atoms with E-state index in [1.807, 2.05) is 35.0 Å². The van der Waals surface area contributed by atoms with E-state index in [1.54, 1.807) is 24.9 Å². The predicted octanol–water partition coefficient (Wildman–Crippen LogP) is 6.24. The van der Waals surface area contributed by atoms with Gasteiger partial charge in [-0.05, 0) is 79.8 Å². The molecule has 1 fully saturated rings. The van der Waals surface area contributed by atoms with Crippen LogP contribution in [0, 0.1) is 6.92 Å². The van der Waals surface area contributed by atoms with Crippen LogP contribution in [0.2, 0.25) is 0 Å². The van der Waals surface area contributed by atoms with E-state index in [4.69, 9.17) is 14.2 Å². The van der Waals surface area contributed by atoms with E-state index in [9.17, 15) is 9.90 Å². The first kappa shape index (κ1) is 32.1. The molecule has 0 radical (unpaired) electrons. The van der Waals surface area contributed by atoms with Crippen molar-refractivity contribution in [1.29, 1.82) is 0 Å². The van der Waals surface area contributed by atoms with Crippen LogP contribution in [0.4, 0.5) is 0 Å². The highest BCUT2D eigenvalue weighted by molar-refractivity contribution is 5.89. The van der Waals surface area contributed by atoms with Gasteiger partial charge in [-0.2, -0.15) is 5.10 Å². The van der Waals surface area contributed by atoms with Crippen LogP contribution in [0.1, 0.15) is 86.3 Å². The summed E-state index contributed by atoms with van der Waals surface area (Å²) in [6.07, 6.45) is 7.35. The highest BCUT2D eigenvalue weighted by Gasteiger charge is 2.30. The van der Waals surface area contributed by atoms with E-state index in [2.05, 4.69) is 53.5 Å². The maximum Gasteiger partial charge on any atom is 0.364 e. The number of esters is 1. The van der Waals surface area contributed by atoms with Crippen LogP contribution in [0.5, 0.6) is 11.6 Å². The van der Waals surface area contributed by atoms with Crippen LogP contribution in [-0.2, 0) is 17.8 Å². The number of ether oxygens (including phenoxy) is 3. The molecule has 5 rings (SSSR count). The van der Waals surface area contributed by atoms with Gasteiger partial charge in [0.2, 0.25) is 11.6 Å². The van der Waals surface area contributed by atoms with Gasteiger partial charge >= 0.3 is 5.97 Å². The number of methoxy groups -OCH3 is 1. The van der Waals surface area contributed by atoms with Gasteiger partial charge in [-0.1, -0.05) is 55.0 Å². The minimum absolute atomic E-state index is 0.0638. The Labute approximate surface area is 265 Å². The summed E-state index contributed by atoms with van der Waals surface area (Å²) in [4.78, 5) is 12.7. The zero-order chi connectivity index (χ0) is 31.8. The zero-order valence-corrected chi connectivity index (χ0v) is 26.5. The molecule has 2 aromatic heterocycles. The molecule has 1 aliphatic rings. The molecule has 0 spiro atoms. The number of benzene rings is 2. The molecule has 10 nitrogen and oxygen atoms in total. The molecule has 2 aromatic carbocycles. The smallest absolute Gasteiger partial charge is 0.364 e. The third-order valence-corrected chi connectivity index (χ3v) is 8.62. The first-order valence-corrected chi connectivity index (χ1v) is 15.9.